The van der Waals surface area contributed by atoms with Crippen LogP contribution in [-0.4, -0.2) is 22.2 Å². The second kappa shape index (κ2) is 7.32. The molecular formula is C21H19N3O2S. The van der Waals surface area contributed by atoms with Crippen molar-refractivity contribution in [2.75, 3.05) is 6.61 Å². The van der Waals surface area contributed by atoms with Crippen molar-refractivity contribution in [2.24, 2.45) is 12.0 Å². The number of amides is 1. The number of benzene rings is 2. The summed E-state index contributed by atoms with van der Waals surface area (Å²) in [4.78, 5) is 17.5. The third-order valence-corrected chi connectivity index (χ3v) is 5.15. The minimum Gasteiger partial charge on any atom is -0.494 e. The average molecular weight is 377 g/mol. The SMILES string of the molecule is CCOc1ccc(N=C2NC(=O)C(=Cc3cn(C)c4ccccc34)S2)cc1. The number of nitrogens with one attached hydrogen (secondary N) is 1. The summed E-state index contributed by atoms with van der Waals surface area (Å²) < 4.78 is 7.50. The molecule has 1 aliphatic rings. The van der Waals surface area contributed by atoms with Gasteiger partial charge in [0, 0.05) is 29.7 Å². The Labute approximate surface area is 161 Å². The summed E-state index contributed by atoms with van der Waals surface area (Å²) in [5.74, 6) is 0.679. The molecule has 1 aliphatic heterocycles. The molecule has 1 N–H and O–H groups in total. The summed E-state index contributed by atoms with van der Waals surface area (Å²) in [5, 5.41) is 4.54. The van der Waals surface area contributed by atoms with Crippen molar-refractivity contribution in [3.63, 3.8) is 0 Å². The second-order valence-electron chi connectivity index (χ2n) is 6.12. The standard InChI is InChI=1S/C21H19N3O2S/c1-3-26-16-10-8-15(9-11-16)22-21-23-20(25)19(27-21)12-14-13-24(2)18-7-5-4-6-17(14)18/h4-13H,3H2,1-2H3,(H,22,23,25). The molecule has 5 nitrogen and oxygen atoms in total. The molecule has 1 amide bonds. The van der Waals surface area contributed by atoms with E-state index in [0.29, 0.717) is 16.7 Å². The first-order chi connectivity index (χ1) is 13.1. The highest BCUT2D eigenvalue weighted by Crippen LogP contribution is 2.31. The Morgan fingerprint density at radius 3 is 2.74 bits per heavy atom. The summed E-state index contributed by atoms with van der Waals surface area (Å²) in [6.07, 6.45) is 3.95. The minimum absolute atomic E-state index is 0.127. The molecule has 0 bridgehead atoms. The minimum atomic E-state index is -0.127. The van der Waals surface area contributed by atoms with Gasteiger partial charge >= 0.3 is 0 Å². The van der Waals surface area contributed by atoms with E-state index in [-0.39, 0.29) is 5.91 Å². The number of ether oxygens (including phenoxy) is 1. The van der Waals surface area contributed by atoms with Crippen molar-refractivity contribution < 1.29 is 9.53 Å². The van der Waals surface area contributed by atoms with Gasteiger partial charge in [-0.25, -0.2) is 4.99 Å². The summed E-state index contributed by atoms with van der Waals surface area (Å²) in [6.45, 7) is 2.57. The highest BCUT2D eigenvalue weighted by Gasteiger charge is 2.24. The van der Waals surface area contributed by atoms with Crippen LogP contribution in [0.2, 0.25) is 0 Å². The molecule has 27 heavy (non-hydrogen) atoms. The van der Waals surface area contributed by atoms with Gasteiger partial charge < -0.3 is 14.6 Å². The van der Waals surface area contributed by atoms with Gasteiger partial charge in [-0.1, -0.05) is 18.2 Å². The maximum Gasteiger partial charge on any atom is 0.264 e. The molecule has 4 rings (SSSR count). The number of hydrogen-bond donors (Lipinski definition) is 1. The van der Waals surface area contributed by atoms with Crippen molar-refractivity contribution in [1.82, 2.24) is 9.88 Å². The molecule has 6 heteroatoms. The van der Waals surface area contributed by atoms with Gasteiger partial charge in [0.05, 0.1) is 17.2 Å². The van der Waals surface area contributed by atoms with Crippen LogP contribution in [0.3, 0.4) is 0 Å². The molecule has 1 fully saturated rings. The molecule has 1 aromatic heterocycles. The lowest BCUT2D eigenvalue weighted by molar-refractivity contribution is -0.115. The van der Waals surface area contributed by atoms with Crippen molar-refractivity contribution in [2.45, 2.75) is 6.92 Å². The Morgan fingerprint density at radius 2 is 1.96 bits per heavy atom. The van der Waals surface area contributed by atoms with E-state index in [1.807, 2.05) is 62.6 Å². The van der Waals surface area contributed by atoms with Crippen LogP contribution in [0.5, 0.6) is 5.75 Å². The van der Waals surface area contributed by atoms with Crippen molar-refractivity contribution in [3.8, 4) is 5.75 Å². The quantitative estimate of drug-likeness (QED) is 0.683. The monoisotopic (exact) mass is 377 g/mol. The number of rotatable bonds is 4. The molecule has 2 heterocycles. The van der Waals surface area contributed by atoms with E-state index in [1.165, 1.54) is 11.8 Å². The maximum absolute atomic E-state index is 12.4. The highest BCUT2D eigenvalue weighted by molar-refractivity contribution is 8.18. The van der Waals surface area contributed by atoms with Gasteiger partial charge in [-0.15, -0.1) is 0 Å². The van der Waals surface area contributed by atoms with Crippen LogP contribution >= 0.6 is 11.8 Å². The van der Waals surface area contributed by atoms with E-state index >= 15 is 0 Å². The molecule has 0 radical (unpaired) electrons. The van der Waals surface area contributed by atoms with Gasteiger partial charge in [-0.2, -0.15) is 0 Å². The van der Waals surface area contributed by atoms with Crippen LogP contribution in [0.4, 0.5) is 5.69 Å². The molecule has 1 saturated heterocycles. The first-order valence-corrected chi connectivity index (χ1v) is 9.52. The summed E-state index contributed by atoms with van der Waals surface area (Å²) in [5.41, 5.74) is 2.93. The van der Waals surface area contributed by atoms with Crippen LogP contribution in [0.1, 0.15) is 12.5 Å². The van der Waals surface area contributed by atoms with Crippen LogP contribution in [0.25, 0.3) is 17.0 Å². The topological polar surface area (TPSA) is 55.6 Å². The molecule has 136 valence electrons. The van der Waals surface area contributed by atoms with E-state index in [1.54, 1.807) is 0 Å². The number of thioether (sulfide) groups is 1. The van der Waals surface area contributed by atoms with E-state index in [4.69, 9.17) is 4.74 Å². The van der Waals surface area contributed by atoms with Gasteiger partial charge in [0.15, 0.2) is 5.17 Å². The summed E-state index contributed by atoms with van der Waals surface area (Å²) in [7, 11) is 2.00. The number of para-hydroxylation sites is 1. The van der Waals surface area contributed by atoms with E-state index in [2.05, 4.69) is 27.0 Å². The molecule has 0 saturated carbocycles. The maximum atomic E-state index is 12.4. The Hall–Kier alpha value is -2.99. The number of aliphatic imine (C=N–C) groups is 1. The third kappa shape index (κ3) is 3.61. The average Bonchev–Trinajstić information content (AvgIpc) is 3.17. The Morgan fingerprint density at radius 1 is 1.19 bits per heavy atom. The molecule has 0 aliphatic carbocycles. The van der Waals surface area contributed by atoms with Gasteiger partial charge in [0.1, 0.15) is 5.75 Å². The lowest BCUT2D eigenvalue weighted by Crippen LogP contribution is -2.19. The van der Waals surface area contributed by atoms with Crippen LogP contribution in [0.15, 0.2) is 64.6 Å². The predicted molar refractivity (Wildman–Crippen MR) is 111 cm³/mol. The third-order valence-electron chi connectivity index (χ3n) is 4.24. The molecule has 0 unspecified atom stereocenters. The van der Waals surface area contributed by atoms with Gasteiger partial charge in [-0.05, 0) is 55.1 Å². The van der Waals surface area contributed by atoms with Crippen LogP contribution in [-0.2, 0) is 11.8 Å². The number of nitrogens with zero attached hydrogens (tertiary/aromatic N) is 2. The number of aryl methyl sites for hydroxylation is 1. The highest BCUT2D eigenvalue weighted by atomic mass is 32.2. The molecule has 2 aromatic carbocycles. The number of hydrogen-bond acceptors (Lipinski definition) is 4. The normalized spacial score (nSPS) is 17.0. The Kier molecular flexibility index (Phi) is 4.73. The largest absolute Gasteiger partial charge is 0.494 e. The number of carbonyl (C=O) groups is 1. The molecule has 0 atom stereocenters. The number of amidine groups is 1. The zero-order valence-corrected chi connectivity index (χ0v) is 15.9. The molecule has 0 spiro atoms. The van der Waals surface area contributed by atoms with Crippen molar-refractivity contribution in [3.05, 3.63) is 65.2 Å². The fourth-order valence-corrected chi connectivity index (χ4v) is 3.84. The number of aromatic nitrogens is 1. The van der Waals surface area contributed by atoms with E-state index in [0.717, 1.165) is 27.9 Å². The first kappa shape index (κ1) is 17.4. The second-order valence-corrected chi connectivity index (χ2v) is 7.15. The zero-order chi connectivity index (χ0) is 18.8. The fraction of sp³-hybridized carbons (Fsp3) is 0.143. The van der Waals surface area contributed by atoms with Crippen molar-refractivity contribution >= 4 is 45.5 Å². The Bertz CT molecular complexity index is 1060. The fourth-order valence-electron chi connectivity index (χ4n) is 3.01. The smallest absolute Gasteiger partial charge is 0.264 e. The number of carbonyl (C=O) groups excluding carboxylic acids is 1. The Balaban J connectivity index is 1.59. The first-order valence-electron chi connectivity index (χ1n) is 8.70. The van der Waals surface area contributed by atoms with Gasteiger partial charge in [0.25, 0.3) is 5.91 Å². The predicted octanol–water partition coefficient (Wildman–Crippen LogP) is 4.47. The van der Waals surface area contributed by atoms with Gasteiger partial charge in [0.2, 0.25) is 0 Å². The van der Waals surface area contributed by atoms with Crippen molar-refractivity contribution in [1.29, 1.82) is 0 Å². The zero-order valence-electron chi connectivity index (χ0n) is 15.1. The van der Waals surface area contributed by atoms with Gasteiger partial charge in [-0.3, -0.25) is 4.79 Å². The van der Waals surface area contributed by atoms with E-state index in [9.17, 15) is 4.79 Å². The van der Waals surface area contributed by atoms with Crippen LogP contribution < -0.4 is 10.1 Å². The molecular weight excluding hydrogens is 358 g/mol. The lowest BCUT2D eigenvalue weighted by atomic mass is 10.1. The lowest BCUT2D eigenvalue weighted by Gasteiger charge is -2.02. The summed E-state index contributed by atoms with van der Waals surface area (Å²) >= 11 is 1.35. The van der Waals surface area contributed by atoms with E-state index < -0.39 is 0 Å². The number of fused-ring (bicyclic) bond motifs is 1. The molecule has 3 aromatic rings. The van der Waals surface area contributed by atoms with Crippen LogP contribution in [0, 0.1) is 0 Å². The summed E-state index contributed by atoms with van der Waals surface area (Å²) in [6, 6.07) is 15.6.